The van der Waals surface area contributed by atoms with Crippen LogP contribution in [0.1, 0.15) is 44.4 Å². The van der Waals surface area contributed by atoms with Crippen molar-refractivity contribution < 1.29 is 29.3 Å². The van der Waals surface area contributed by atoms with Crippen LogP contribution in [0.3, 0.4) is 0 Å². The van der Waals surface area contributed by atoms with E-state index in [0.717, 1.165) is 19.5 Å². The number of nitrogens with zero attached hydrogens (tertiary/aromatic N) is 2. The van der Waals surface area contributed by atoms with Crippen LogP contribution < -0.4 is 9.47 Å². The maximum absolute atomic E-state index is 13.2. The molecule has 8 nitrogen and oxygen atoms in total. The second-order valence-corrected chi connectivity index (χ2v) is 8.32. The molecule has 2 aromatic rings. The molecule has 1 heterocycles. The Morgan fingerprint density at radius 2 is 1.74 bits per heavy atom. The van der Waals surface area contributed by atoms with Crippen LogP contribution in [0.2, 0.25) is 0 Å². The number of hydrogen-bond acceptors (Lipinski definition) is 7. The van der Waals surface area contributed by atoms with Gasteiger partial charge < -0.3 is 29.5 Å². The number of ketones is 1. The van der Waals surface area contributed by atoms with E-state index in [0.29, 0.717) is 36.6 Å². The summed E-state index contributed by atoms with van der Waals surface area (Å²) in [4.78, 5) is 30.0. The van der Waals surface area contributed by atoms with E-state index in [4.69, 9.17) is 9.47 Å². The van der Waals surface area contributed by atoms with Gasteiger partial charge in [0.2, 0.25) is 0 Å². The topological polar surface area (TPSA) is 99.5 Å². The number of carbonyl (C=O) groups is 2. The van der Waals surface area contributed by atoms with Gasteiger partial charge in [-0.3, -0.25) is 9.59 Å². The number of methoxy groups -OCH3 is 1. The Hall–Kier alpha value is -3.52. The molecule has 1 saturated heterocycles. The van der Waals surface area contributed by atoms with Gasteiger partial charge in [0, 0.05) is 18.7 Å². The maximum Gasteiger partial charge on any atom is 0.295 e. The van der Waals surface area contributed by atoms with Gasteiger partial charge in [0.1, 0.15) is 11.5 Å². The number of likely N-dealkylation sites (tertiary alicyclic amines) is 1. The summed E-state index contributed by atoms with van der Waals surface area (Å²) in [7, 11) is 1.43. The van der Waals surface area contributed by atoms with Crippen LogP contribution in [0, 0.1) is 0 Å². The van der Waals surface area contributed by atoms with Crippen molar-refractivity contribution in [3.8, 4) is 17.2 Å². The van der Waals surface area contributed by atoms with Gasteiger partial charge in [-0.15, -0.1) is 0 Å². The molecule has 2 aromatic carbocycles. The number of Topliss-reactive ketones (excluding diaryl/α,β-unsaturated/α-hetero) is 1. The van der Waals surface area contributed by atoms with Gasteiger partial charge in [0.15, 0.2) is 11.5 Å². The van der Waals surface area contributed by atoms with E-state index < -0.39 is 17.7 Å². The Morgan fingerprint density at radius 3 is 2.34 bits per heavy atom. The van der Waals surface area contributed by atoms with Crippen LogP contribution in [0.4, 0.5) is 0 Å². The number of phenols is 1. The second kappa shape index (κ2) is 11.8. The Labute approximate surface area is 206 Å². The summed E-state index contributed by atoms with van der Waals surface area (Å²) in [6.07, 6.45) is 0.870. The van der Waals surface area contributed by atoms with Gasteiger partial charge in [-0.1, -0.05) is 26.8 Å². The minimum Gasteiger partial charge on any atom is -0.507 e. The molecular weight excluding hydrogens is 448 g/mol. The summed E-state index contributed by atoms with van der Waals surface area (Å²) < 4.78 is 10.9. The fraction of sp³-hybridized carbons (Fsp3) is 0.407. The molecule has 0 saturated carbocycles. The first kappa shape index (κ1) is 26.1. The van der Waals surface area contributed by atoms with Gasteiger partial charge in [0.05, 0.1) is 25.3 Å². The number of ether oxygens (including phenoxy) is 2. The summed E-state index contributed by atoms with van der Waals surface area (Å²) in [5.74, 6) is -0.854. The average Bonchev–Trinajstić information content (AvgIpc) is 3.13. The van der Waals surface area contributed by atoms with Gasteiger partial charge in [-0.05, 0) is 61.5 Å². The number of aliphatic hydroxyl groups excluding tert-OH is 1. The van der Waals surface area contributed by atoms with Crippen LogP contribution in [-0.2, 0) is 9.59 Å². The lowest BCUT2D eigenvalue weighted by Gasteiger charge is -2.28. The fourth-order valence-corrected chi connectivity index (χ4v) is 4.19. The molecule has 0 radical (unpaired) electrons. The molecule has 1 fully saturated rings. The van der Waals surface area contributed by atoms with E-state index in [1.807, 2.05) is 20.8 Å². The average molecular weight is 483 g/mol. The molecule has 0 aromatic heterocycles. The summed E-state index contributed by atoms with van der Waals surface area (Å²) in [6, 6.07) is 10.6. The number of amides is 1. The van der Waals surface area contributed by atoms with Crippen molar-refractivity contribution in [1.29, 1.82) is 0 Å². The van der Waals surface area contributed by atoms with E-state index in [1.165, 1.54) is 18.1 Å². The minimum absolute atomic E-state index is 0.00418. The van der Waals surface area contributed by atoms with Crippen molar-refractivity contribution in [2.24, 2.45) is 0 Å². The maximum atomic E-state index is 13.2. The highest BCUT2D eigenvalue weighted by molar-refractivity contribution is 6.46. The summed E-state index contributed by atoms with van der Waals surface area (Å²) >= 11 is 0. The monoisotopic (exact) mass is 482 g/mol. The third-order valence-corrected chi connectivity index (χ3v) is 6.21. The number of likely N-dealkylation sites (N-methyl/N-ethyl adjacent to an activating group) is 1. The van der Waals surface area contributed by atoms with E-state index in [9.17, 15) is 19.8 Å². The molecule has 1 amide bonds. The largest absolute Gasteiger partial charge is 0.507 e. The second-order valence-electron chi connectivity index (χ2n) is 8.32. The zero-order chi connectivity index (χ0) is 25.5. The quantitative estimate of drug-likeness (QED) is 0.284. The van der Waals surface area contributed by atoms with Gasteiger partial charge >= 0.3 is 0 Å². The number of carbonyl (C=O) groups excluding carboxylic acids is 2. The van der Waals surface area contributed by atoms with Crippen LogP contribution >= 0.6 is 0 Å². The van der Waals surface area contributed by atoms with E-state index >= 15 is 0 Å². The summed E-state index contributed by atoms with van der Waals surface area (Å²) in [5, 5.41) is 21.3. The number of aromatic hydroxyl groups is 1. The zero-order valence-corrected chi connectivity index (χ0v) is 20.8. The number of hydrogen-bond donors (Lipinski definition) is 2. The molecule has 2 N–H and O–H groups in total. The first-order chi connectivity index (χ1) is 16.9. The zero-order valence-electron chi connectivity index (χ0n) is 20.8. The molecule has 1 atom stereocenters. The summed E-state index contributed by atoms with van der Waals surface area (Å²) in [5.41, 5.74) is 0.971. The van der Waals surface area contributed by atoms with Crippen molar-refractivity contribution in [1.82, 2.24) is 9.80 Å². The number of phenolic OH excluding ortho intramolecular Hbond substituents is 1. The van der Waals surface area contributed by atoms with Crippen molar-refractivity contribution in [2.45, 2.75) is 33.2 Å². The first-order valence-electron chi connectivity index (χ1n) is 12.0. The van der Waals surface area contributed by atoms with E-state index in [2.05, 4.69) is 4.90 Å². The van der Waals surface area contributed by atoms with Crippen molar-refractivity contribution >= 4 is 17.4 Å². The third kappa shape index (κ3) is 5.59. The molecular formula is C27H34N2O6. The lowest BCUT2D eigenvalue weighted by molar-refractivity contribution is -0.140. The number of aliphatic hydroxyl groups is 1. The third-order valence-electron chi connectivity index (χ3n) is 6.21. The van der Waals surface area contributed by atoms with Crippen LogP contribution in [0.15, 0.2) is 48.0 Å². The van der Waals surface area contributed by atoms with Gasteiger partial charge in [-0.2, -0.15) is 0 Å². The highest BCUT2D eigenvalue weighted by Gasteiger charge is 2.46. The normalized spacial score (nSPS) is 17.3. The molecule has 0 unspecified atom stereocenters. The number of rotatable bonds is 11. The first-order valence-corrected chi connectivity index (χ1v) is 12.0. The lowest BCUT2D eigenvalue weighted by atomic mass is 9.95. The van der Waals surface area contributed by atoms with Crippen molar-refractivity contribution in [2.75, 3.05) is 39.9 Å². The van der Waals surface area contributed by atoms with Crippen LogP contribution in [0.25, 0.3) is 5.76 Å². The Bertz CT molecular complexity index is 1080. The summed E-state index contributed by atoms with van der Waals surface area (Å²) in [6.45, 7) is 9.16. The van der Waals surface area contributed by atoms with Gasteiger partial charge in [-0.25, -0.2) is 0 Å². The smallest absolute Gasteiger partial charge is 0.295 e. The molecule has 8 heteroatoms. The molecule has 0 spiro atoms. The van der Waals surface area contributed by atoms with Crippen molar-refractivity contribution in [3.05, 3.63) is 59.2 Å². The fourth-order valence-electron chi connectivity index (χ4n) is 4.19. The highest BCUT2D eigenvalue weighted by atomic mass is 16.5. The Kier molecular flexibility index (Phi) is 8.76. The lowest BCUT2D eigenvalue weighted by Crippen LogP contribution is -2.38. The molecule has 0 aliphatic carbocycles. The van der Waals surface area contributed by atoms with E-state index in [-0.39, 0.29) is 22.8 Å². The molecule has 35 heavy (non-hydrogen) atoms. The van der Waals surface area contributed by atoms with E-state index in [1.54, 1.807) is 36.4 Å². The highest BCUT2D eigenvalue weighted by Crippen LogP contribution is 2.41. The Morgan fingerprint density at radius 1 is 1.06 bits per heavy atom. The predicted molar refractivity (Wildman–Crippen MR) is 134 cm³/mol. The SMILES string of the molecule is CCCOc1ccc(C(O)=C2C(=O)C(=O)N(CCN(CC)CC)[C@H]2c2ccc(O)c(OC)c2)cc1. The molecule has 0 bridgehead atoms. The number of benzene rings is 2. The molecule has 1 aliphatic heterocycles. The van der Waals surface area contributed by atoms with Crippen LogP contribution in [-0.4, -0.2) is 71.6 Å². The predicted octanol–water partition coefficient (Wildman–Crippen LogP) is 3.95. The molecule has 188 valence electrons. The standard InChI is InChI=1S/C27H34N2O6/c1-5-16-35-20-11-8-18(9-12-20)25(31)23-24(19-10-13-21(30)22(17-19)34-4)29(27(33)26(23)32)15-14-28(6-2)7-3/h8-13,17,24,30-31H,5-7,14-16H2,1-4H3/t24-/m0/s1. The van der Waals surface area contributed by atoms with Crippen molar-refractivity contribution in [3.63, 3.8) is 0 Å². The minimum atomic E-state index is -0.823. The molecule has 3 rings (SSSR count). The molecule has 1 aliphatic rings. The Balaban J connectivity index is 2.08. The van der Waals surface area contributed by atoms with Crippen LogP contribution in [0.5, 0.6) is 17.2 Å². The van der Waals surface area contributed by atoms with Gasteiger partial charge in [0.25, 0.3) is 11.7 Å².